The van der Waals surface area contributed by atoms with Crippen molar-refractivity contribution < 1.29 is 32.2 Å². The number of carbonyl (C=O) groups excluding carboxylic acids is 2. The van der Waals surface area contributed by atoms with Gasteiger partial charge in [0, 0.05) is 19.3 Å². The molecular weight excluding hydrogens is 381 g/mol. The van der Waals surface area contributed by atoms with Crippen LogP contribution in [0.15, 0.2) is 0 Å². The molecule has 2 atom stereocenters. The SMILES string of the molecule is COC1CN(C(=O)OC(C)(C)C)CCC1NC(=O)c1nc(C(F)(F)F)c(C)[nH]1. The van der Waals surface area contributed by atoms with Crippen molar-refractivity contribution in [3.05, 3.63) is 17.2 Å². The summed E-state index contributed by atoms with van der Waals surface area (Å²) in [7, 11) is 1.43. The fourth-order valence-electron chi connectivity index (χ4n) is 2.89. The lowest BCUT2D eigenvalue weighted by atomic mass is 10.0. The van der Waals surface area contributed by atoms with Gasteiger partial charge in [0.25, 0.3) is 5.91 Å². The van der Waals surface area contributed by atoms with Gasteiger partial charge in [-0.3, -0.25) is 4.79 Å². The summed E-state index contributed by atoms with van der Waals surface area (Å²) in [5, 5.41) is 2.63. The van der Waals surface area contributed by atoms with Gasteiger partial charge >= 0.3 is 12.3 Å². The third kappa shape index (κ3) is 5.37. The van der Waals surface area contributed by atoms with Crippen molar-refractivity contribution in [2.75, 3.05) is 20.2 Å². The third-order valence-corrected chi connectivity index (χ3v) is 4.20. The van der Waals surface area contributed by atoms with Crippen molar-refractivity contribution in [1.29, 1.82) is 0 Å². The van der Waals surface area contributed by atoms with Gasteiger partial charge in [0.2, 0.25) is 0 Å². The van der Waals surface area contributed by atoms with E-state index in [1.807, 2.05) is 0 Å². The summed E-state index contributed by atoms with van der Waals surface area (Å²) in [6.45, 7) is 6.96. The van der Waals surface area contributed by atoms with Crippen LogP contribution in [0.5, 0.6) is 0 Å². The maximum Gasteiger partial charge on any atom is 0.435 e. The number of alkyl halides is 3. The maximum absolute atomic E-state index is 12.9. The van der Waals surface area contributed by atoms with Crippen molar-refractivity contribution >= 4 is 12.0 Å². The number of methoxy groups -OCH3 is 1. The number of amides is 2. The van der Waals surface area contributed by atoms with Crippen molar-refractivity contribution in [3.63, 3.8) is 0 Å². The van der Waals surface area contributed by atoms with Crippen LogP contribution in [0.25, 0.3) is 0 Å². The summed E-state index contributed by atoms with van der Waals surface area (Å²) in [5.41, 5.74) is -2.00. The van der Waals surface area contributed by atoms with Crippen molar-refractivity contribution in [2.45, 2.75) is 58.0 Å². The molecule has 158 valence electrons. The molecule has 1 fully saturated rings. The maximum atomic E-state index is 12.9. The molecular formula is C17H25F3N4O4. The zero-order valence-electron chi connectivity index (χ0n) is 16.4. The zero-order chi connectivity index (χ0) is 21.3. The number of aromatic amines is 1. The second-order valence-corrected chi connectivity index (χ2v) is 7.63. The minimum Gasteiger partial charge on any atom is -0.444 e. The van der Waals surface area contributed by atoms with E-state index >= 15 is 0 Å². The highest BCUT2D eigenvalue weighted by Gasteiger charge is 2.38. The number of imidazole rings is 1. The molecule has 1 saturated heterocycles. The van der Waals surface area contributed by atoms with Gasteiger partial charge in [0.1, 0.15) is 5.60 Å². The first-order chi connectivity index (χ1) is 12.8. The van der Waals surface area contributed by atoms with Gasteiger partial charge in [0.05, 0.1) is 18.7 Å². The first-order valence-corrected chi connectivity index (χ1v) is 8.77. The Morgan fingerprint density at radius 3 is 2.43 bits per heavy atom. The first-order valence-electron chi connectivity index (χ1n) is 8.77. The van der Waals surface area contributed by atoms with E-state index in [4.69, 9.17) is 9.47 Å². The van der Waals surface area contributed by atoms with Crippen molar-refractivity contribution in [1.82, 2.24) is 20.2 Å². The van der Waals surface area contributed by atoms with Crippen LogP contribution in [-0.4, -0.2) is 64.8 Å². The molecule has 1 aromatic heterocycles. The van der Waals surface area contributed by atoms with Gasteiger partial charge in [-0.05, 0) is 34.1 Å². The number of nitrogens with zero attached hydrogens (tertiary/aromatic N) is 2. The fourth-order valence-corrected chi connectivity index (χ4v) is 2.89. The lowest BCUT2D eigenvalue weighted by molar-refractivity contribution is -0.141. The Morgan fingerprint density at radius 1 is 1.29 bits per heavy atom. The van der Waals surface area contributed by atoms with Crippen LogP contribution >= 0.6 is 0 Å². The smallest absolute Gasteiger partial charge is 0.435 e. The average Bonchev–Trinajstić information content (AvgIpc) is 2.95. The summed E-state index contributed by atoms with van der Waals surface area (Å²) < 4.78 is 49.2. The molecule has 8 nitrogen and oxygen atoms in total. The Labute approximate surface area is 160 Å². The van der Waals surface area contributed by atoms with Crippen LogP contribution in [0.2, 0.25) is 0 Å². The minimum absolute atomic E-state index is 0.182. The number of aromatic nitrogens is 2. The predicted octanol–water partition coefficient (Wildman–Crippen LogP) is 2.49. The second-order valence-electron chi connectivity index (χ2n) is 7.63. The lowest BCUT2D eigenvalue weighted by Gasteiger charge is -2.38. The number of likely N-dealkylation sites (tertiary alicyclic amines) is 1. The number of halogens is 3. The van der Waals surface area contributed by atoms with E-state index in [1.54, 1.807) is 20.8 Å². The number of aryl methyl sites for hydroxylation is 1. The number of H-pyrrole nitrogens is 1. The van der Waals surface area contributed by atoms with Crippen LogP contribution in [-0.2, 0) is 15.7 Å². The van der Waals surface area contributed by atoms with E-state index in [0.717, 1.165) is 0 Å². The molecule has 0 saturated carbocycles. The largest absolute Gasteiger partial charge is 0.444 e. The van der Waals surface area contributed by atoms with Crippen molar-refractivity contribution in [2.24, 2.45) is 0 Å². The molecule has 1 aromatic rings. The molecule has 0 aliphatic carbocycles. The monoisotopic (exact) mass is 406 g/mol. The predicted molar refractivity (Wildman–Crippen MR) is 92.8 cm³/mol. The molecule has 28 heavy (non-hydrogen) atoms. The highest BCUT2D eigenvalue weighted by atomic mass is 19.4. The third-order valence-electron chi connectivity index (χ3n) is 4.20. The number of ether oxygens (including phenoxy) is 2. The van der Waals surface area contributed by atoms with E-state index in [0.29, 0.717) is 13.0 Å². The molecule has 2 heterocycles. The number of piperidine rings is 1. The lowest BCUT2D eigenvalue weighted by Crippen LogP contribution is -2.56. The van der Waals surface area contributed by atoms with E-state index in [9.17, 15) is 22.8 Å². The number of carbonyl (C=O) groups is 2. The van der Waals surface area contributed by atoms with Crippen LogP contribution < -0.4 is 5.32 Å². The Balaban J connectivity index is 2.03. The molecule has 0 bridgehead atoms. The molecule has 11 heteroatoms. The van der Waals surface area contributed by atoms with E-state index < -0.39 is 47.4 Å². The Bertz CT molecular complexity index is 727. The fraction of sp³-hybridized carbons (Fsp3) is 0.706. The quantitative estimate of drug-likeness (QED) is 0.804. The van der Waals surface area contributed by atoms with Crippen LogP contribution in [0, 0.1) is 6.92 Å². The number of rotatable bonds is 3. The van der Waals surface area contributed by atoms with Crippen LogP contribution in [0.1, 0.15) is 49.2 Å². The molecule has 2 rings (SSSR count). The van der Waals surface area contributed by atoms with Gasteiger partial charge in [-0.1, -0.05) is 0 Å². The standard InChI is InChI=1S/C17H25F3N4O4/c1-9-12(17(18,19)20)23-13(21-9)14(25)22-10-6-7-24(8-11(10)27-5)15(26)28-16(2,3)4/h10-11H,6-8H2,1-5H3,(H,21,23)(H,22,25). The van der Waals surface area contributed by atoms with E-state index in [2.05, 4.69) is 15.3 Å². The minimum atomic E-state index is -4.65. The summed E-state index contributed by atoms with van der Waals surface area (Å²) in [6, 6.07) is -0.490. The zero-order valence-corrected chi connectivity index (χ0v) is 16.4. The van der Waals surface area contributed by atoms with Gasteiger partial charge in [-0.2, -0.15) is 13.2 Å². The molecule has 0 spiro atoms. The topological polar surface area (TPSA) is 96.6 Å². The highest BCUT2D eigenvalue weighted by Crippen LogP contribution is 2.30. The molecule has 2 N–H and O–H groups in total. The van der Waals surface area contributed by atoms with Gasteiger partial charge in [-0.25, -0.2) is 9.78 Å². The Hall–Kier alpha value is -2.30. The summed E-state index contributed by atoms with van der Waals surface area (Å²) in [5.74, 6) is -1.19. The molecule has 1 aliphatic rings. The van der Waals surface area contributed by atoms with Crippen LogP contribution in [0.3, 0.4) is 0 Å². The normalized spacial score (nSPS) is 20.8. The summed E-state index contributed by atoms with van der Waals surface area (Å²) in [4.78, 5) is 31.7. The van der Waals surface area contributed by atoms with Gasteiger partial charge < -0.3 is 24.7 Å². The van der Waals surface area contributed by atoms with Gasteiger partial charge in [0.15, 0.2) is 11.5 Å². The molecule has 0 radical (unpaired) electrons. The summed E-state index contributed by atoms with van der Waals surface area (Å²) in [6.07, 6.45) is -5.32. The first kappa shape index (κ1) is 22.0. The Morgan fingerprint density at radius 2 is 1.93 bits per heavy atom. The molecule has 2 amide bonds. The molecule has 2 unspecified atom stereocenters. The van der Waals surface area contributed by atoms with E-state index in [1.165, 1.54) is 18.9 Å². The molecule has 1 aliphatic heterocycles. The Kier molecular flexibility index (Phi) is 6.27. The van der Waals surface area contributed by atoms with Crippen LogP contribution in [0.4, 0.5) is 18.0 Å². The number of nitrogens with one attached hydrogen (secondary N) is 2. The second kappa shape index (κ2) is 7.98. The van der Waals surface area contributed by atoms with Crippen molar-refractivity contribution in [3.8, 4) is 0 Å². The van der Waals surface area contributed by atoms with E-state index in [-0.39, 0.29) is 12.2 Å². The van der Waals surface area contributed by atoms with Gasteiger partial charge in [-0.15, -0.1) is 0 Å². The number of hydrogen-bond donors (Lipinski definition) is 2. The average molecular weight is 406 g/mol. The highest BCUT2D eigenvalue weighted by molar-refractivity contribution is 5.91. The number of hydrogen-bond acceptors (Lipinski definition) is 5. The summed E-state index contributed by atoms with van der Waals surface area (Å²) >= 11 is 0. The molecule has 0 aromatic carbocycles.